The van der Waals surface area contributed by atoms with E-state index in [1.807, 2.05) is 0 Å². The van der Waals surface area contributed by atoms with Crippen LogP contribution in [0.15, 0.2) is 5.51 Å². The van der Waals surface area contributed by atoms with Crippen LogP contribution in [0.1, 0.15) is 0 Å². The molecule has 0 saturated heterocycles. The molecule has 1 aromatic heterocycles. The van der Waals surface area contributed by atoms with Crippen molar-refractivity contribution in [3.8, 4) is 0 Å². The van der Waals surface area contributed by atoms with Gasteiger partial charge in [-0.3, -0.25) is 0 Å². The molecule has 1 heterocycles. The van der Waals surface area contributed by atoms with E-state index in [2.05, 4.69) is 40.4 Å². The first-order valence-electron chi connectivity index (χ1n) is 2.05. The van der Waals surface area contributed by atoms with E-state index in [1.54, 1.807) is 5.51 Å². The Bertz CT molecular complexity index is 194. The Morgan fingerprint density at radius 3 is 3.11 bits per heavy atom. The third-order valence-electron chi connectivity index (χ3n) is 0.574. The summed E-state index contributed by atoms with van der Waals surface area (Å²) < 4.78 is 0.409. The van der Waals surface area contributed by atoms with E-state index in [0.29, 0.717) is 9.45 Å². The number of hydrogen-bond donors (Lipinski definition) is 2. The Hall–Kier alpha value is -0.200. The van der Waals surface area contributed by atoms with Crippen LogP contribution in [0, 0.1) is 0 Å². The van der Waals surface area contributed by atoms with Crippen molar-refractivity contribution in [2.45, 2.75) is 0 Å². The molecule has 1 aromatic rings. The maximum atomic E-state index is 4.64. The minimum Gasteiger partial charge on any atom is -0.316 e. The molecule has 0 aliphatic carbocycles. The summed E-state index contributed by atoms with van der Waals surface area (Å²) in [4.78, 5) is 0. The smallest absolute Gasteiger partial charge is 0.210 e. The standard InChI is InChI=1S/C3H3N3S3/c7-3(8)5-2-6-4-1-9-2/h1H,(H2,5,6,7,8). The topological polar surface area (TPSA) is 37.8 Å². The maximum Gasteiger partial charge on any atom is 0.210 e. The molecule has 9 heavy (non-hydrogen) atoms. The Balaban J connectivity index is 2.58. The van der Waals surface area contributed by atoms with E-state index in [0.717, 1.165) is 0 Å². The first-order chi connectivity index (χ1) is 4.29. The van der Waals surface area contributed by atoms with E-state index in [9.17, 15) is 0 Å². The van der Waals surface area contributed by atoms with Crippen LogP contribution in [0.2, 0.25) is 0 Å². The number of aromatic nitrogens is 2. The molecule has 6 heteroatoms. The zero-order chi connectivity index (χ0) is 6.69. The van der Waals surface area contributed by atoms with E-state index in [1.165, 1.54) is 11.3 Å². The van der Waals surface area contributed by atoms with Gasteiger partial charge in [0.25, 0.3) is 0 Å². The lowest BCUT2D eigenvalue weighted by Gasteiger charge is -1.91. The summed E-state index contributed by atoms with van der Waals surface area (Å²) in [6.07, 6.45) is 0. The normalized spacial score (nSPS) is 9.00. The lowest BCUT2D eigenvalue weighted by Crippen LogP contribution is -1.99. The van der Waals surface area contributed by atoms with Crippen molar-refractivity contribution in [2.75, 3.05) is 5.32 Å². The molecule has 0 radical (unpaired) electrons. The van der Waals surface area contributed by atoms with Crippen molar-refractivity contribution in [3.63, 3.8) is 0 Å². The third kappa shape index (κ3) is 2.25. The SMILES string of the molecule is S=C(S)Nc1nncs1. The summed E-state index contributed by atoms with van der Waals surface area (Å²) in [6.45, 7) is 0. The largest absolute Gasteiger partial charge is 0.316 e. The van der Waals surface area contributed by atoms with E-state index in [-0.39, 0.29) is 0 Å². The van der Waals surface area contributed by atoms with Crippen molar-refractivity contribution < 1.29 is 0 Å². The van der Waals surface area contributed by atoms with Crippen molar-refractivity contribution in [2.24, 2.45) is 0 Å². The Kier molecular flexibility index (Phi) is 2.38. The Morgan fingerprint density at radius 1 is 1.89 bits per heavy atom. The number of anilines is 1. The molecular weight excluding hydrogens is 174 g/mol. The van der Waals surface area contributed by atoms with Crippen molar-refractivity contribution in [1.82, 2.24) is 10.2 Å². The van der Waals surface area contributed by atoms with Gasteiger partial charge in [-0.05, 0) is 0 Å². The Labute approximate surface area is 66.9 Å². The fraction of sp³-hybridized carbons (Fsp3) is 0. The number of nitrogens with one attached hydrogen (secondary N) is 1. The summed E-state index contributed by atoms with van der Waals surface area (Å²) in [7, 11) is 0. The van der Waals surface area contributed by atoms with Gasteiger partial charge in [-0.1, -0.05) is 23.6 Å². The maximum absolute atomic E-state index is 4.64. The zero-order valence-electron chi connectivity index (χ0n) is 4.24. The molecule has 0 aliphatic rings. The molecule has 0 atom stereocenters. The van der Waals surface area contributed by atoms with Gasteiger partial charge >= 0.3 is 0 Å². The highest BCUT2D eigenvalue weighted by molar-refractivity contribution is 8.11. The molecule has 1 N–H and O–H groups in total. The average molecular weight is 177 g/mol. The van der Waals surface area contributed by atoms with Crippen LogP contribution < -0.4 is 5.32 Å². The first kappa shape index (κ1) is 6.91. The highest BCUT2D eigenvalue weighted by atomic mass is 32.1. The summed E-state index contributed by atoms with van der Waals surface area (Å²) in [6, 6.07) is 0. The van der Waals surface area contributed by atoms with Gasteiger partial charge < -0.3 is 5.32 Å². The molecule has 48 valence electrons. The lowest BCUT2D eigenvalue weighted by atomic mass is 11.1. The van der Waals surface area contributed by atoms with Gasteiger partial charge in [-0.25, -0.2) is 0 Å². The molecular formula is C3H3N3S3. The molecule has 0 bridgehead atoms. The second-order valence-electron chi connectivity index (χ2n) is 1.17. The van der Waals surface area contributed by atoms with Crippen molar-refractivity contribution in [3.05, 3.63) is 5.51 Å². The number of thiol groups is 1. The molecule has 3 nitrogen and oxygen atoms in total. The number of nitrogens with zero attached hydrogens (tertiary/aromatic N) is 2. The monoisotopic (exact) mass is 177 g/mol. The van der Waals surface area contributed by atoms with Crippen LogP contribution >= 0.6 is 36.2 Å². The van der Waals surface area contributed by atoms with E-state index >= 15 is 0 Å². The fourth-order valence-electron chi connectivity index (χ4n) is 0.319. The van der Waals surface area contributed by atoms with Gasteiger partial charge in [-0.15, -0.1) is 22.8 Å². The first-order valence-corrected chi connectivity index (χ1v) is 3.78. The van der Waals surface area contributed by atoms with Crippen LogP contribution in [-0.4, -0.2) is 14.5 Å². The molecule has 0 aromatic carbocycles. The van der Waals surface area contributed by atoms with E-state index in [4.69, 9.17) is 0 Å². The molecule has 0 unspecified atom stereocenters. The summed E-state index contributed by atoms with van der Waals surface area (Å²) >= 11 is 9.86. The van der Waals surface area contributed by atoms with Gasteiger partial charge in [0.1, 0.15) is 9.83 Å². The summed E-state index contributed by atoms with van der Waals surface area (Å²) in [5.41, 5.74) is 1.62. The Morgan fingerprint density at radius 2 is 2.67 bits per heavy atom. The molecule has 0 fully saturated rings. The molecule has 0 saturated carbocycles. The number of rotatable bonds is 1. The molecule has 1 rings (SSSR count). The summed E-state index contributed by atoms with van der Waals surface area (Å²) in [5, 5.41) is 10.7. The van der Waals surface area contributed by atoms with Crippen molar-refractivity contribution >= 4 is 45.6 Å². The summed E-state index contributed by atoms with van der Waals surface area (Å²) in [5.74, 6) is 0. The lowest BCUT2D eigenvalue weighted by molar-refractivity contribution is 1.10. The van der Waals surface area contributed by atoms with Gasteiger partial charge in [0, 0.05) is 0 Å². The quantitative estimate of drug-likeness (QED) is 0.499. The molecule has 0 amide bonds. The third-order valence-corrected chi connectivity index (χ3v) is 1.39. The minimum absolute atomic E-state index is 0.409. The highest BCUT2D eigenvalue weighted by Crippen LogP contribution is 2.08. The molecule has 0 spiro atoms. The zero-order valence-corrected chi connectivity index (χ0v) is 6.76. The van der Waals surface area contributed by atoms with Crippen LogP contribution in [0.3, 0.4) is 0 Å². The van der Waals surface area contributed by atoms with Crippen molar-refractivity contribution in [1.29, 1.82) is 0 Å². The van der Waals surface area contributed by atoms with Gasteiger partial charge in [-0.2, -0.15) is 0 Å². The average Bonchev–Trinajstić information content (AvgIpc) is 2.15. The number of thiocarbonyl (C=S) groups is 1. The second-order valence-corrected chi connectivity index (χ2v) is 3.17. The van der Waals surface area contributed by atoms with Gasteiger partial charge in [0.2, 0.25) is 5.13 Å². The van der Waals surface area contributed by atoms with Crippen LogP contribution in [0.4, 0.5) is 5.13 Å². The van der Waals surface area contributed by atoms with Gasteiger partial charge in [0.15, 0.2) is 0 Å². The van der Waals surface area contributed by atoms with E-state index < -0.39 is 0 Å². The number of hydrogen-bond acceptors (Lipinski definition) is 4. The fourth-order valence-corrected chi connectivity index (χ4v) is 1.11. The van der Waals surface area contributed by atoms with Gasteiger partial charge in [0.05, 0.1) is 0 Å². The highest BCUT2D eigenvalue weighted by Gasteiger charge is 1.93. The molecule has 0 aliphatic heterocycles. The van der Waals surface area contributed by atoms with Crippen LogP contribution in [-0.2, 0) is 0 Å². The second kappa shape index (κ2) is 3.09. The van der Waals surface area contributed by atoms with Crippen LogP contribution in [0.25, 0.3) is 0 Å². The predicted octanol–water partition coefficient (Wildman–Crippen LogP) is 1.16. The minimum atomic E-state index is 0.409. The predicted molar refractivity (Wildman–Crippen MR) is 45.1 cm³/mol. The van der Waals surface area contributed by atoms with Crippen LogP contribution in [0.5, 0.6) is 0 Å².